The maximum atomic E-state index is 12.7. The maximum Gasteiger partial charge on any atom is 0.230 e. The Morgan fingerprint density at radius 2 is 1.69 bits per heavy atom. The number of nitrogens with two attached hydrogens (primary N) is 1. The molecule has 0 heterocycles. The summed E-state index contributed by atoms with van der Waals surface area (Å²) in [5.74, 6) is 1.26. The molecule has 0 saturated carbocycles. The van der Waals surface area contributed by atoms with Crippen LogP contribution in [-0.2, 0) is 10.2 Å². The van der Waals surface area contributed by atoms with Gasteiger partial charge in [0.15, 0.2) is 0 Å². The topological polar surface area (TPSA) is 64.3 Å². The molecule has 3 N–H and O–H groups in total. The predicted molar refractivity (Wildman–Crippen MR) is 106 cm³/mol. The van der Waals surface area contributed by atoms with Crippen molar-refractivity contribution in [3.8, 4) is 5.75 Å². The first kappa shape index (κ1) is 20.0. The van der Waals surface area contributed by atoms with Crippen molar-refractivity contribution in [1.82, 2.24) is 5.32 Å². The highest BCUT2D eigenvalue weighted by Crippen LogP contribution is 2.26. The van der Waals surface area contributed by atoms with Crippen LogP contribution in [0.2, 0.25) is 0 Å². The molecule has 0 aliphatic rings. The first-order chi connectivity index (χ1) is 12.3. The minimum absolute atomic E-state index is 0.0419. The smallest absolute Gasteiger partial charge is 0.230 e. The normalized spacial score (nSPS) is 12.7. The molecule has 1 amide bonds. The van der Waals surface area contributed by atoms with Crippen LogP contribution >= 0.6 is 0 Å². The average molecular weight is 354 g/mol. The van der Waals surface area contributed by atoms with Crippen LogP contribution < -0.4 is 15.8 Å². The molecule has 1 atom stereocenters. The quantitative estimate of drug-likeness (QED) is 0.757. The van der Waals surface area contributed by atoms with E-state index >= 15 is 0 Å². The van der Waals surface area contributed by atoms with Gasteiger partial charge in [0.05, 0.1) is 12.0 Å². The molecular formula is C22H30N2O2. The van der Waals surface area contributed by atoms with Crippen molar-refractivity contribution < 1.29 is 9.53 Å². The van der Waals surface area contributed by atoms with Gasteiger partial charge in [-0.05, 0) is 43.0 Å². The molecule has 2 aromatic carbocycles. The number of benzene rings is 2. The van der Waals surface area contributed by atoms with Gasteiger partial charge in [0.2, 0.25) is 5.91 Å². The van der Waals surface area contributed by atoms with Crippen LogP contribution in [0.15, 0.2) is 54.6 Å². The van der Waals surface area contributed by atoms with Gasteiger partial charge in [0.25, 0.3) is 0 Å². The first-order valence-corrected chi connectivity index (χ1v) is 9.13. The fourth-order valence-electron chi connectivity index (χ4n) is 2.60. The highest BCUT2D eigenvalue weighted by molar-refractivity contribution is 5.87. The number of rotatable bonds is 8. The molecule has 0 aliphatic heterocycles. The Morgan fingerprint density at radius 1 is 1.08 bits per heavy atom. The molecule has 0 spiro atoms. The molecule has 0 aromatic heterocycles. The molecule has 140 valence electrons. The average Bonchev–Trinajstić information content (AvgIpc) is 2.65. The van der Waals surface area contributed by atoms with Gasteiger partial charge in [-0.25, -0.2) is 0 Å². The minimum Gasteiger partial charge on any atom is -0.493 e. The van der Waals surface area contributed by atoms with E-state index in [1.165, 1.54) is 0 Å². The Bertz CT molecular complexity index is 694. The minimum atomic E-state index is -0.646. The molecular weight excluding hydrogens is 324 g/mol. The van der Waals surface area contributed by atoms with Crippen LogP contribution in [0.5, 0.6) is 5.75 Å². The summed E-state index contributed by atoms with van der Waals surface area (Å²) in [7, 11) is 0. The van der Waals surface area contributed by atoms with Gasteiger partial charge in [-0.15, -0.1) is 0 Å². The van der Waals surface area contributed by atoms with Crippen LogP contribution in [0.25, 0.3) is 0 Å². The predicted octanol–water partition coefficient (Wildman–Crippen LogP) is 3.82. The van der Waals surface area contributed by atoms with E-state index in [4.69, 9.17) is 10.5 Å². The Kier molecular flexibility index (Phi) is 6.81. The zero-order valence-corrected chi connectivity index (χ0v) is 16.2. The third-order valence-corrected chi connectivity index (χ3v) is 4.44. The van der Waals surface area contributed by atoms with Crippen molar-refractivity contribution in [1.29, 1.82) is 0 Å². The lowest BCUT2D eigenvalue weighted by atomic mass is 9.83. The van der Waals surface area contributed by atoms with Gasteiger partial charge in [-0.3, -0.25) is 4.79 Å². The molecule has 2 aromatic rings. The summed E-state index contributed by atoms with van der Waals surface area (Å²) in [5.41, 5.74) is 7.48. The third-order valence-electron chi connectivity index (χ3n) is 4.44. The van der Waals surface area contributed by atoms with Crippen LogP contribution in [-0.4, -0.2) is 19.1 Å². The summed E-state index contributed by atoms with van der Waals surface area (Å²) in [6, 6.07) is 17.3. The number of hydrogen-bond acceptors (Lipinski definition) is 3. The van der Waals surface area contributed by atoms with E-state index in [1.54, 1.807) is 0 Å². The summed E-state index contributed by atoms with van der Waals surface area (Å²) in [5, 5.41) is 2.98. The van der Waals surface area contributed by atoms with Crippen LogP contribution in [0.4, 0.5) is 0 Å². The van der Waals surface area contributed by atoms with Crippen LogP contribution in [0.3, 0.4) is 0 Å². The van der Waals surface area contributed by atoms with Gasteiger partial charge in [-0.2, -0.15) is 0 Å². The zero-order chi connectivity index (χ0) is 19.2. The van der Waals surface area contributed by atoms with E-state index in [1.807, 2.05) is 68.4 Å². The van der Waals surface area contributed by atoms with Crippen molar-refractivity contribution in [3.63, 3.8) is 0 Å². The van der Waals surface area contributed by atoms with E-state index in [0.717, 1.165) is 16.9 Å². The summed E-state index contributed by atoms with van der Waals surface area (Å²) < 4.78 is 5.71. The zero-order valence-electron chi connectivity index (χ0n) is 16.2. The van der Waals surface area contributed by atoms with E-state index in [2.05, 4.69) is 19.2 Å². The molecule has 0 fully saturated rings. The number of carbonyl (C=O) groups excluding carboxylic acids is 1. The van der Waals surface area contributed by atoms with Crippen molar-refractivity contribution in [3.05, 3.63) is 65.7 Å². The fourth-order valence-corrected chi connectivity index (χ4v) is 2.60. The van der Waals surface area contributed by atoms with Gasteiger partial charge >= 0.3 is 0 Å². The Hall–Kier alpha value is -2.33. The second-order valence-corrected chi connectivity index (χ2v) is 7.58. The van der Waals surface area contributed by atoms with Gasteiger partial charge in [-0.1, -0.05) is 56.3 Å². The van der Waals surface area contributed by atoms with Crippen molar-refractivity contribution in [2.75, 3.05) is 13.2 Å². The van der Waals surface area contributed by atoms with Crippen LogP contribution in [0, 0.1) is 5.92 Å². The molecule has 26 heavy (non-hydrogen) atoms. The standard InChI is InChI=1S/C22H30N2O2/c1-16(2)15-26-19-12-10-18(11-13-19)22(3,4)21(25)24-14-20(23)17-8-6-5-7-9-17/h5-13,16,20H,14-15,23H2,1-4H3,(H,24,25). The summed E-state index contributed by atoms with van der Waals surface area (Å²) >= 11 is 0. The van der Waals surface area contributed by atoms with E-state index in [-0.39, 0.29) is 11.9 Å². The first-order valence-electron chi connectivity index (χ1n) is 9.13. The van der Waals surface area contributed by atoms with E-state index < -0.39 is 5.41 Å². The molecule has 0 radical (unpaired) electrons. The highest BCUT2D eigenvalue weighted by atomic mass is 16.5. The summed E-state index contributed by atoms with van der Waals surface area (Å²) in [6.45, 7) is 9.15. The fraction of sp³-hybridized carbons (Fsp3) is 0.409. The second kappa shape index (κ2) is 8.86. The monoisotopic (exact) mass is 354 g/mol. The van der Waals surface area contributed by atoms with E-state index in [0.29, 0.717) is 19.1 Å². The molecule has 4 nitrogen and oxygen atoms in total. The van der Waals surface area contributed by atoms with Crippen LogP contribution in [0.1, 0.15) is 44.9 Å². The molecule has 0 bridgehead atoms. The Balaban J connectivity index is 1.96. The number of ether oxygens (including phenoxy) is 1. The molecule has 4 heteroatoms. The Labute approximate surface area is 156 Å². The third kappa shape index (κ3) is 5.33. The van der Waals surface area contributed by atoms with Gasteiger partial charge in [0, 0.05) is 12.6 Å². The molecule has 1 unspecified atom stereocenters. The lowest BCUT2D eigenvalue weighted by Crippen LogP contribution is -2.42. The number of hydrogen-bond donors (Lipinski definition) is 2. The van der Waals surface area contributed by atoms with Crippen molar-refractivity contribution in [2.24, 2.45) is 11.7 Å². The van der Waals surface area contributed by atoms with Gasteiger partial charge < -0.3 is 15.8 Å². The number of nitrogens with one attached hydrogen (secondary N) is 1. The molecule has 0 aliphatic carbocycles. The lowest BCUT2D eigenvalue weighted by molar-refractivity contribution is -0.125. The molecule has 2 rings (SSSR count). The van der Waals surface area contributed by atoms with E-state index in [9.17, 15) is 4.79 Å². The van der Waals surface area contributed by atoms with Crippen molar-refractivity contribution >= 4 is 5.91 Å². The second-order valence-electron chi connectivity index (χ2n) is 7.58. The highest BCUT2D eigenvalue weighted by Gasteiger charge is 2.29. The summed E-state index contributed by atoms with van der Waals surface area (Å²) in [4.78, 5) is 12.7. The summed E-state index contributed by atoms with van der Waals surface area (Å²) in [6.07, 6.45) is 0. The Morgan fingerprint density at radius 3 is 2.27 bits per heavy atom. The number of amides is 1. The SMILES string of the molecule is CC(C)COc1ccc(C(C)(C)C(=O)NCC(N)c2ccccc2)cc1. The largest absolute Gasteiger partial charge is 0.493 e. The molecule has 0 saturated heterocycles. The number of carbonyl (C=O) groups is 1. The maximum absolute atomic E-state index is 12.7. The van der Waals surface area contributed by atoms with Gasteiger partial charge in [0.1, 0.15) is 5.75 Å². The lowest BCUT2D eigenvalue weighted by Gasteiger charge is -2.25. The van der Waals surface area contributed by atoms with Crippen molar-refractivity contribution in [2.45, 2.75) is 39.2 Å².